The summed E-state index contributed by atoms with van der Waals surface area (Å²) in [5.74, 6) is 1.86. The van der Waals surface area contributed by atoms with Gasteiger partial charge in [0.1, 0.15) is 0 Å². The Morgan fingerprint density at radius 3 is 2.30 bits per heavy atom. The van der Waals surface area contributed by atoms with E-state index < -0.39 is 0 Å². The van der Waals surface area contributed by atoms with Crippen molar-refractivity contribution >= 4 is 16.6 Å². The van der Waals surface area contributed by atoms with Crippen LogP contribution in [-0.4, -0.2) is 26.3 Å². The second kappa shape index (κ2) is 6.52. The van der Waals surface area contributed by atoms with Crippen molar-refractivity contribution in [3.8, 4) is 17.2 Å². The molecule has 5 nitrogen and oxygen atoms in total. The quantitative estimate of drug-likeness (QED) is 0.727. The van der Waals surface area contributed by atoms with Crippen LogP contribution < -0.4 is 19.5 Å². The summed E-state index contributed by atoms with van der Waals surface area (Å²) >= 11 is 0. The van der Waals surface area contributed by atoms with E-state index in [2.05, 4.69) is 34.6 Å². The van der Waals surface area contributed by atoms with Gasteiger partial charge in [-0.15, -0.1) is 0 Å². The van der Waals surface area contributed by atoms with Crippen LogP contribution in [0.2, 0.25) is 0 Å². The third kappa shape index (κ3) is 3.04. The molecule has 0 fully saturated rings. The summed E-state index contributed by atoms with van der Waals surface area (Å²) in [7, 11) is 4.82. The summed E-state index contributed by atoms with van der Waals surface area (Å²) in [5, 5.41) is 4.60. The Morgan fingerprint density at radius 1 is 0.913 bits per heavy atom. The highest BCUT2D eigenvalue weighted by atomic mass is 16.5. The topological polar surface area (TPSA) is 55.5 Å². The van der Waals surface area contributed by atoms with Crippen molar-refractivity contribution in [2.45, 2.75) is 6.54 Å². The lowest BCUT2D eigenvalue weighted by atomic mass is 10.1. The van der Waals surface area contributed by atoms with E-state index in [0.717, 1.165) is 11.2 Å². The SMILES string of the molecule is COc1cc(NCc2ccc3[nH]ccc3c2)cc(OC)c1OC. The van der Waals surface area contributed by atoms with Crippen LogP contribution >= 0.6 is 0 Å². The van der Waals surface area contributed by atoms with Crippen LogP contribution in [0.25, 0.3) is 10.9 Å². The molecule has 0 atom stereocenters. The number of hydrogen-bond acceptors (Lipinski definition) is 4. The first-order chi connectivity index (χ1) is 11.2. The molecule has 1 heterocycles. The number of rotatable bonds is 6. The van der Waals surface area contributed by atoms with Crippen molar-refractivity contribution in [1.82, 2.24) is 4.98 Å². The van der Waals surface area contributed by atoms with Crippen LogP contribution in [0.4, 0.5) is 5.69 Å². The van der Waals surface area contributed by atoms with Crippen molar-refractivity contribution in [1.29, 1.82) is 0 Å². The van der Waals surface area contributed by atoms with Crippen LogP contribution in [0.3, 0.4) is 0 Å². The van der Waals surface area contributed by atoms with Gasteiger partial charge in [0.2, 0.25) is 5.75 Å². The smallest absolute Gasteiger partial charge is 0.203 e. The summed E-state index contributed by atoms with van der Waals surface area (Å²) in [6, 6.07) is 12.2. The second-order valence-electron chi connectivity index (χ2n) is 5.17. The van der Waals surface area contributed by atoms with Crippen LogP contribution in [-0.2, 0) is 6.54 Å². The fraction of sp³-hybridized carbons (Fsp3) is 0.222. The number of benzene rings is 2. The average molecular weight is 312 g/mol. The molecule has 2 N–H and O–H groups in total. The molecule has 3 rings (SSSR count). The minimum Gasteiger partial charge on any atom is -0.493 e. The minimum atomic E-state index is 0.592. The molecule has 0 saturated heterocycles. The Bertz CT molecular complexity index is 786. The van der Waals surface area contributed by atoms with Crippen molar-refractivity contribution in [3.63, 3.8) is 0 Å². The molecule has 2 aromatic carbocycles. The number of anilines is 1. The normalized spacial score (nSPS) is 10.6. The molecule has 0 bridgehead atoms. The van der Waals surface area contributed by atoms with Crippen LogP contribution in [0.5, 0.6) is 17.2 Å². The van der Waals surface area contributed by atoms with E-state index in [4.69, 9.17) is 14.2 Å². The van der Waals surface area contributed by atoms with Gasteiger partial charge in [-0.1, -0.05) is 6.07 Å². The molecule has 0 amide bonds. The van der Waals surface area contributed by atoms with Gasteiger partial charge in [0, 0.05) is 36.1 Å². The first-order valence-corrected chi connectivity index (χ1v) is 7.35. The van der Waals surface area contributed by atoms with Crippen molar-refractivity contribution in [2.75, 3.05) is 26.6 Å². The third-order valence-electron chi connectivity index (χ3n) is 3.78. The predicted octanol–water partition coefficient (Wildman–Crippen LogP) is 3.81. The number of fused-ring (bicyclic) bond motifs is 1. The molecule has 0 radical (unpaired) electrons. The molecule has 5 heteroatoms. The zero-order valence-corrected chi connectivity index (χ0v) is 13.5. The standard InChI is InChI=1S/C18H20N2O3/c1-21-16-9-14(10-17(22-2)18(16)23-3)20-11-12-4-5-15-13(8-12)6-7-19-15/h4-10,19-20H,11H2,1-3H3. The maximum atomic E-state index is 5.37. The molecule has 1 aromatic heterocycles. The van der Waals surface area contributed by atoms with Gasteiger partial charge in [-0.25, -0.2) is 0 Å². The van der Waals surface area contributed by atoms with E-state index in [1.54, 1.807) is 21.3 Å². The molecule has 3 aromatic rings. The summed E-state index contributed by atoms with van der Waals surface area (Å²) in [6.45, 7) is 0.708. The molecular formula is C18H20N2O3. The van der Waals surface area contributed by atoms with Gasteiger partial charge < -0.3 is 24.5 Å². The molecule has 0 spiro atoms. The Morgan fingerprint density at radius 2 is 1.65 bits per heavy atom. The van der Waals surface area contributed by atoms with Crippen LogP contribution in [0.1, 0.15) is 5.56 Å². The van der Waals surface area contributed by atoms with E-state index >= 15 is 0 Å². The largest absolute Gasteiger partial charge is 0.493 e. The van der Waals surface area contributed by atoms with Gasteiger partial charge in [0.25, 0.3) is 0 Å². The lowest BCUT2D eigenvalue weighted by Crippen LogP contribution is -2.01. The molecule has 0 saturated carbocycles. The van der Waals surface area contributed by atoms with Gasteiger partial charge in [-0.05, 0) is 29.1 Å². The second-order valence-corrected chi connectivity index (χ2v) is 5.17. The zero-order valence-electron chi connectivity index (χ0n) is 13.5. The lowest BCUT2D eigenvalue weighted by Gasteiger charge is -2.15. The maximum Gasteiger partial charge on any atom is 0.203 e. The fourth-order valence-corrected chi connectivity index (χ4v) is 2.60. The highest BCUT2D eigenvalue weighted by molar-refractivity contribution is 5.80. The minimum absolute atomic E-state index is 0.592. The first-order valence-electron chi connectivity index (χ1n) is 7.35. The predicted molar refractivity (Wildman–Crippen MR) is 91.7 cm³/mol. The molecule has 0 aliphatic heterocycles. The van der Waals surface area contributed by atoms with Crippen molar-refractivity contribution < 1.29 is 14.2 Å². The third-order valence-corrected chi connectivity index (χ3v) is 3.78. The number of methoxy groups -OCH3 is 3. The van der Waals surface area contributed by atoms with Gasteiger partial charge in [-0.3, -0.25) is 0 Å². The zero-order chi connectivity index (χ0) is 16.2. The lowest BCUT2D eigenvalue weighted by molar-refractivity contribution is 0.324. The van der Waals surface area contributed by atoms with Crippen LogP contribution in [0.15, 0.2) is 42.6 Å². The summed E-state index contributed by atoms with van der Waals surface area (Å²) < 4.78 is 16.1. The van der Waals surface area contributed by atoms with Crippen LogP contribution in [0, 0.1) is 0 Å². The van der Waals surface area contributed by atoms with E-state index in [1.807, 2.05) is 18.3 Å². The number of aromatic nitrogens is 1. The number of hydrogen-bond donors (Lipinski definition) is 2. The van der Waals surface area contributed by atoms with Gasteiger partial charge in [0.05, 0.1) is 21.3 Å². The van der Waals surface area contributed by atoms with E-state index in [0.29, 0.717) is 23.8 Å². The monoisotopic (exact) mass is 312 g/mol. The van der Waals surface area contributed by atoms with Crippen molar-refractivity contribution in [2.24, 2.45) is 0 Å². The molecular weight excluding hydrogens is 292 g/mol. The highest BCUT2D eigenvalue weighted by Gasteiger charge is 2.13. The summed E-state index contributed by atoms with van der Waals surface area (Å²) in [5.41, 5.74) is 3.25. The fourth-order valence-electron chi connectivity index (χ4n) is 2.60. The van der Waals surface area contributed by atoms with Gasteiger partial charge in [0.15, 0.2) is 11.5 Å². The maximum absolute atomic E-state index is 5.37. The number of nitrogens with one attached hydrogen (secondary N) is 2. The van der Waals surface area contributed by atoms with E-state index in [9.17, 15) is 0 Å². The van der Waals surface area contributed by atoms with E-state index in [-0.39, 0.29) is 0 Å². The molecule has 120 valence electrons. The highest BCUT2D eigenvalue weighted by Crippen LogP contribution is 2.40. The average Bonchev–Trinajstić information content (AvgIpc) is 3.06. The molecule has 0 aliphatic carbocycles. The Balaban J connectivity index is 1.81. The number of ether oxygens (including phenoxy) is 3. The first kappa shape index (κ1) is 15.1. The summed E-state index contributed by atoms with van der Waals surface area (Å²) in [6.07, 6.45) is 1.95. The van der Waals surface area contributed by atoms with Gasteiger partial charge in [-0.2, -0.15) is 0 Å². The molecule has 0 unspecified atom stereocenters. The molecule has 23 heavy (non-hydrogen) atoms. The van der Waals surface area contributed by atoms with Crippen molar-refractivity contribution in [3.05, 3.63) is 48.2 Å². The Kier molecular flexibility index (Phi) is 4.28. The van der Waals surface area contributed by atoms with E-state index in [1.165, 1.54) is 10.9 Å². The number of aromatic amines is 1. The van der Waals surface area contributed by atoms with Gasteiger partial charge >= 0.3 is 0 Å². The molecule has 0 aliphatic rings. The number of H-pyrrole nitrogens is 1. The summed E-state index contributed by atoms with van der Waals surface area (Å²) in [4.78, 5) is 3.20. The Hall–Kier alpha value is -2.82. The Labute approximate surface area is 135 Å².